The summed E-state index contributed by atoms with van der Waals surface area (Å²) >= 11 is 0. The Bertz CT molecular complexity index is 1110. The minimum absolute atomic E-state index is 0.318. The number of fused-ring (bicyclic) bond motifs is 3. The number of nitrogens with zero attached hydrogens (tertiary/aromatic N) is 1. The molecule has 3 aromatic carbocycles. The Balaban J connectivity index is 2.03. The Morgan fingerprint density at radius 3 is 2.52 bits per heavy atom. The molecule has 4 rings (SSSR count). The monoisotopic (exact) mass is 335 g/mol. The molecule has 1 radical (unpaired) electrons. The van der Waals surface area contributed by atoms with Crippen LogP contribution in [0.5, 0.6) is 0 Å². The van der Waals surface area contributed by atoms with Crippen LogP contribution in [0.1, 0.15) is 15.9 Å². The van der Waals surface area contributed by atoms with Crippen molar-refractivity contribution in [1.82, 2.24) is 4.57 Å². The fraction of sp³-hybridized carbons (Fsp3) is 0.0500. The predicted octanol–water partition coefficient (Wildman–Crippen LogP) is 4.02. The van der Waals surface area contributed by atoms with E-state index in [4.69, 9.17) is 5.73 Å². The minimum atomic E-state index is -0.552. The van der Waals surface area contributed by atoms with Crippen LogP contribution in [-0.4, -0.2) is 10.5 Å². The summed E-state index contributed by atoms with van der Waals surface area (Å²) in [6.07, 6.45) is 0. The van der Waals surface area contributed by atoms with Crippen molar-refractivity contribution in [2.45, 2.75) is 6.54 Å². The van der Waals surface area contributed by atoms with Crippen molar-refractivity contribution in [3.05, 3.63) is 83.4 Å². The van der Waals surface area contributed by atoms with Gasteiger partial charge in [-0.05, 0) is 48.0 Å². The van der Waals surface area contributed by atoms with Gasteiger partial charge in [0.1, 0.15) is 11.6 Å². The Kier molecular flexibility index (Phi) is 3.50. The van der Waals surface area contributed by atoms with E-state index in [0.717, 1.165) is 11.1 Å². The number of rotatable bonds is 3. The van der Waals surface area contributed by atoms with E-state index in [1.807, 2.05) is 10.6 Å². The lowest BCUT2D eigenvalue weighted by Gasteiger charge is -2.08. The largest absolute Gasteiger partial charge is 0.366 e. The highest BCUT2D eigenvalue weighted by atomic mass is 19.1. The molecule has 5 heteroatoms. The first-order chi connectivity index (χ1) is 12.0. The maximum absolute atomic E-state index is 13.8. The summed E-state index contributed by atoms with van der Waals surface area (Å²) in [6, 6.07) is 16.9. The van der Waals surface area contributed by atoms with E-state index in [-0.39, 0.29) is 5.82 Å². The van der Waals surface area contributed by atoms with Crippen LogP contribution in [0.3, 0.4) is 0 Å². The summed E-state index contributed by atoms with van der Waals surface area (Å²) in [5, 5.41) is 1.28. The molecule has 3 nitrogen and oxygen atoms in total. The zero-order chi connectivity index (χ0) is 17.6. The van der Waals surface area contributed by atoms with Gasteiger partial charge in [-0.3, -0.25) is 4.79 Å². The van der Waals surface area contributed by atoms with Gasteiger partial charge >= 0.3 is 0 Å². The van der Waals surface area contributed by atoms with Crippen LogP contribution in [0, 0.1) is 17.7 Å². The average Bonchev–Trinajstić information content (AvgIpc) is 2.90. The van der Waals surface area contributed by atoms with Gasteiger partial charge < -0.3 is 10.3 Å². The second-order valence-corrected chi connectivity index (χ2v) is 5.85. The molecule has 4 aromatic rings. The first-order valence-electron chi connectivity index (χ1n) is 7.71. The molecule has 0 unspecified atom stereocenters. The molecule has 1 aromatic heterocycles. The Morgan fingerprint density at radius 1 is 1.04 bits per heavy atom. The van der Waals surface area contributed by atoms with Crippen LogP contribution in [0.25, 0.3) is 21.8 Å². The number of hydrogen-bond acceptors (Lipinski definition) is 1. The Morgan fingerprint density at radius 2 is 1.80 bits per heavy atom. The lowest BCUT2D eigenvalue weighted by molar-refractivity contribution is 0.100. The van der Waals surface area contributed by atoms with E-state index in [9.17, 15) is 13.6 Å². The SMILES string of the molecule is NC(=O)c1cccc2c1c1[c]cc(F)cc1n2Cc1ccc(F)cc1. The number of carbonyl (C=O) groups excluding carboxylic acids is 1. The van der Waals surface area contributed by atoms with Crippen LogP contribution in [0.2, 0.25) is 0 Å². The third-order valence-corrected chi connectivity index (χ3v) is 4.28. The fourth-order valence-electron chi connectivity index (χ4n) is 3.18. The van der Waals surface area contributed by atoms with Gasteiger partial charge in [0, 0.05) is 22.9 Å². The van der Waals surface area contributed by atoms with Gasteiger partial charge in [-0.2, -0.15) is 0 Å². The molecule has 1 amide bonds. The van der Waals surface area contributed by atoms with E-state index in [1.54, 1.807) is 24.3 Å². The molecule has 0 saturated carbocycles. The van der Waals surface area contributed by atoms with Gasteiger partial charge in [0.15, 0.2) is 0 Å². The van der Waals surface area contributed by atoms with E-state index in [2.05, 4.69) is 6.07 Å². The van der Waals surface area contributed by atoms with Crippen LogP contribution in [0.15, 0.2) is 54.6 Å². The van der Waals surface area contributed by atoms with Crippen LogP contribution in [0.4, 0.5) is 8.78 Å². The summed E-state index contributed by atoms with van der Waals surface area (Å²) < 4.78 is 28.8. The Labute approximate surface area is 142 Å². The van der Waals surface area contributed by atoms with Gasteiger partial charge in [0.05, 0.1) is 11.0 Å². The maximum atomic E-state index is 13.8. The molecule has 0 aliphatic heterocycles. The van der Waals surface area contributed by atoms with Crippen molar-refractivity contribution in [3.63, 3.8) is 0 Å². The Hall–Kier alpha value is -3.21. The van der Waals surface area contributed by atoms with Crippen molar-refractivity contribution >= 4 is 27.7 Å². The van der Waals surface area contributed by atoms with Gasteiger partial charge in [0.2, 0.25) is 5.91 Å². The van der Waals surface area contributed by atoms with Crippen molar-refractivity contribution in [2.24, 2.45) is 5.73 Å². The zero-order valence-corrected chi connectivity index (χ0v) is 13.1. The quantitative estimate of drug-likeness (QED) is 0.604. The summed E-state index contributed by atoms with van der Waals surface area (Å²) in [5.41, 5.74) is 8.07. The topological polar surface area (TPSA) is 48.0 Å². The van der Waals surface area contributed by atoms with Crippen LogP contribution < -0.4 is 5.73 Å². The van der Waals surface area contributed by atoms with Gasteiger partial charge in [-0.25, -0.2) is 8.78 Å². The first-order valence-corrected chi connectivity index (χ1v) is 7.71. The highest BCUT2D eigenvalue weighted by molar-refractivity contribution is 6.17. The second-order valence-electron chi connectivity index (χ2n) is 5.85. The lowest BCUT2D eigenvalue weighted by atomic mass is 10.1. The standard InChI is InChI=1S/C20H13F2N2O/c21-13-6-4-12(5-7-13)11-24-17-3-1-2-16(20(23)25)19(17)15-9-8-14(22)10-18(15)24/h1-8,10H,11H2,(H2,23,25). The van der Waals surface area contributed by atoms with E-state index < -0.39 is 11.7 Å². The molecule has 0 bridgehead atoms. The number of hydrogen-bond donors (Lipinski definition) is 1. The third kappa shape index (κ3) is 2.54. The van der Waals surface area contributed by atoms with E-state index in [1.165, 1.54) is 24.3 Å². The lowest BCUT2D eigenvalue weighted by Crippen LogP contribution is -2.11. The molecule has 1 heterocycles. The molecular formula is C20H13F2N2O. The number of halogens is 2. The molecule has 0 aliphatic carbocycles. The average molecular weight is 335 g/mol. The predicted molar refractivity (Wildman–Crippen MR) is 92.3 cm³/mol. The molecule has 123 valence electrons. The molecule has 0 atom stereocenters. The number of carbonyl (C=O) groups is 1. The number of amides is 1. The highest BCUT2D eigenvalue weighted by Crippen LogP contribution is 2.32. The molecular weight excluding hydrogens is 322 g/mol. The van der Waals surface area contributed by atoms with Crippen molar-refractivity contribution in [2.75, 3.05) is 0 Å². The van der Waals surface area contributed by atoms with Gasteiger partial charge in [-0.1, -0.05) is 18.2 Å². The van der Waals surface area contributed by atoms with Crippen molar-refractivity contribution in [3.8, 4) is 0 Å². The van der Waals surface area contributed by atoms with E-state index >= 15 is 0 Å². The highest BCUT2D eigenvalue weighted by Gasteiger charge is 2.17. The van der Waals surface area contributed by atoms with Crippen molar-refractivity contribution in [1.29, 1.82) is 0 Å². The van der Waals surface area contributed by atoms with Crippen molar-refractivity contribution < 1.29 is 13.6 Å². The molecule has 0 spiro atoms. The number of benzene rings is 3. The minimum Gasteiger partial charge on any atom is -0.366 e. The second kappa shape index (κ2) is 5.70. The summed E-state index contributed by atoms with van der Waals surface area (Å²) in [5.74, 6) is -1.29. The number of aromatic nitrogens is 1. The smallest absolute Gasteiger partial charge is 0.249 e. The zero-order valence-electron chi connectivity index (χ0n) is 13.1. The normalized spacial score (nSPS) is 11.3. The molecule has 2 N–H and O–H groups in total. The van der Waals surface area contributed by atoms with Gasteiger partial charge in [0.25, 0.3) is 0 Å². The van der Waals surface area contributed by atoms with Crippen LogP contribution >= 0.6 is 0 Å². The summed E-state index contributed by atoms with van der Waals surface area (Å²) in [7, 11) is 0. The van der Waals surface area contributed by atoms with E-state index in [0.29, 0.717) is 28.4 Å². The van der Waals surface area contributed by atoms with Crippen LogP contribution in [-0.2, 0) is 6.54 Å². The fourth-order valence-corrected chi connectivity index (χ4v) is 3.18. The van der Waals surface area contributed by atoms with Gasteiger partial charge in [-0.15, -0.1) is 0 Å². The molecule has 25 heavy (non-hydrogen) atoms. The summed E-state index contributed by atoms with van der Waals surface area (Å²) in [6.45, 7) is 0.403. The molecule has 0 saturated heterocycles. The molecule has 0 fully saturated rings. The third-order valence-electron chi connectivity index (χ3n) is 4.28. The first kappa shape index (κ1) is 15.3. The summed E-state index contributed by atoms with van der Waals surface area (Å²) in [4.78, 5) is 11.8. The number of primary amides is 1. The maximum Gasteiger partial charge on any atom is 0.249 e. The number of nitrogens with two attached hydrogens (primary N) is 1. The molecule has 0 aliphatic rings.